The summed E-state index contributed by atoms with van der Waals surface area (Å²) in [7, 11) is 1.71. The van der Waals surface area contributed by atoms with Crippen molar-refractivity contribution in [3.8, 4) is 5.75 Å². The smallest absolute Gasteiger partial charge is 0.119 e. The molecule has 0 aromatic heterocycles. The topological polar surface area (TPSA) is 24.5 Å². The third-order valence-corrected chi connectivity index (χ3v) is 4.08. The molecule has 1 aromatic carbocycles. The summed E-state index contributed by atoms with van der Waals surface area (Å²) >= 11 is 0. The maximum Gasteiger partial charge on any atom is 0.119 e. The summed E-state index contributed by atoms with van der Waals surface area (Å²) in [5.41, 5.74) is 2.51. The summed E-state index contributed by atoms with van der Waals surface area (Å²) in [6.07, 6.45) is 4.09. The van der Waals surface area contributed by atoms with Gasteiger partial charge in [0.1, 0.15) is 5.75 Å². The van der Waals surface area contributed by atoms with Gasteiger partial charge in [0.25, 0.3) is 0 Å². The Morgan fingerprint density at radius 3 is 2.78 bits per heavy atom. The van der Waals surface area contributed by atoms with Crippen molar-refractivity contribution in [1.82, 2.24) is 4.90 Å². The number of anilines is 1. The van der Waals surface area contributed by atoms with Crippen LogP contribution in [0.4, 0.5) is 5.69 Å². The first-order valence-corrected chi connectivity index (χ1v) is 6.91. The number of methoxy groups -OCH3 is 1. The van der Waals surface area contributed by atoms with Gasteiger partial charge in [-0.25, -0.2) is 0 Å². The highest BCUT2D eigenvalue weighted by Crippen LogP contribution is 2.31. The molecule has 0 spiro atoms. The molecule has 1 aliphatic heterocycles. The van der Waals surface area contributed by atoms with Crippen LogP contribution in [0.25, 0.3) is 0 Å². The van der Waals surface area contributed by atoms with Gasteiger partial charge >= 0.3 is 0 Å². The molecule has 0 radical (unpaired) electrons. The number of hydrogen-bond donors (Lipinski definition) is 1. The van der Waals surface area contributed by atoms with E-state index in [1.807, 2.05) is 6.07 Å². The molecule has 1 atom stereocenters. The summed E-state index contributed by atoms with van der Waals surface area (Å²) < 4.78 is 5.24. The van der Waals surface area contributed by atoms with Gasteiger partial charge in [0.15, 0.2) is 0 Å². The number of likely N-dealkylation sites (tertiary alicyclic amines) is 1. The number of rotatable bonds is 4. The molecular weight excluding hydrogens is 224 g/mol. The van der Waals surface area contributed by atoms with Gasteiger partial charge in [0, 0.05) is 30.9 Å². The van der Waals surface area contributed by atoms with Gasteiger partial charge in [-0.05, 0) is 49.9 Å². The summed E-state index contributed by atoms with van der Waals surface area (Å²) in [6.45, 7) is 4.60. The Hall–Kier alpha value is -1.22. The minimum Gasteiger partial charge on any atom is -0.497 e. The van der Waals surface area contributed by atoms with E-state index in [4.69, 9.17) is 4.74 Å². The van der Waals surface area contributed by atoms with E-state index in [-0.39, 0.29) is 0 Å². The largest absolute Gasteiger partial charge is 0.497 e. The average molecular weight is 246 g/mol. The van der Waals surface area contributed by atoms with Crippen molar-refractivity contribution in [2.24, 2.45) is 0 Å². The highest BCUT2D eigenvalue weighted by Gasteiger charge is 2.34. The van der Waals surface area contributed by atoms with Crippen molar-refractivity contribution < 1.29 is 4.74 Å². The second kappa shape index (κ2) is 4.81. The number of nitrogens with zero attached hydrogens (tertiary/aromatic N) is 1. The Bertz CT molecular complexity index is 429. The first-order chi connectivity index (χ1) is 8.76. The van der Waals surface area contributed by atoms with Crippen LogP contribution in [0.15, 0.2) is 18.2 Å². The Labute approximate surface area is 109 Å². The average Bonchev–Trinajstić information content (AvgIpc) is 3.13. The van der Waals surface area contributed by atoms with Gasteiger partial charge in [0.2, 0.25) is 0 Å². The van der Waals surface area contributed by atoms with Crippen molar-refractivity contribution in [2.75, 3.05) is 25.5 Å². The Morgan fingerprint density at radius 2 is 2.11 bits per heavy atom. The number of hydrogen-bond acceptors (Lipinski definition) is 3. The highest BCUT2D eigenvalue weighted by molar-refractivity contribution is 5.54. The molecule has 2 aliphatic rings. The lowest BCUT2D eigenvalue weighted by molar-refractivity contribution is 0.326. The minimum atomic E-state index is 0.609. The highest BCUT2D eigenvalue weighted by atomic mass is 16.5. The molecule has 3 nitrogen and oxygen atoms in total. The molecule has 98 valence electrons. The lowest BCUT2D eigenvalue weighted by Gasteiger charge is -2.18. The summed E-state index contributed by atoms with van der Waals surface area (Å²) in [6, 6.07) is 7.76. The molecule has 1 aromatic rings. The molecule has 2 fully saturated rings. The molecule has 1 heterocycles. The molecule has 1 N–H and O–H groups in total. The van der Waals surface area contributed by atoms with E-state index in [9.17, 15) is 0 Å². The lowest BCUT2D eigenvalue weighted by atomic mass is 10.1. The van der Waals surface area contributed by atoms with Crippen LogP contribution in [0.5, 0.6) is 5.75 Å². The number of benzene rings is 1. The van der Waals surface area contributed by atoms with Crippen LogP contribution in [-0.4, -0.2) is 37.2 Å². The van der Waals surface area contributed by atoms with Crippen molar-refractivity contribution in [2.45, 2.75) is 38.3 Å². The number of nitrogens with one attached hydrogen (secondary N) is 1. The summed E-state index contributed by atoms with van der Waals surface area (Å²) in [4.78, 5) is 2.64. The molecule has 1 saturated carbocycles. The van der Waals surface area contributed by atoms with E-state index in [2.05, 4.69) is 29.3 Å². The number of aryl methyl sites for hydroxylation is 1. The molecule has 3 rings (SSSR count). The van der Waals surface area contributed by atoms with Crippen LogP contribution in [0.1, 0.15) is 24.8 Å². The van der Waals surface area contributed by atoms with Crippen LogP contribution < -0.4 is 10.1 Å². The third-order valence-electron chi connectivity index (χ3n) is 4.08. The summed E-state index contributed by atoms with van der Waals surface area (Å²) in [5.74, 6) is 0.934. The fourth-order valence-corrected chi connectivity index (χ4v) is 2.82. The van der Waals surface area contributed by atoms with Gasteiger partial charge in [0.05, 0.1) is 7.11 Å². The van der Waals surface area contributed by atoms with E-state index in [1.165, 1.54) is 43.6 Å². The molecule has 0 bridgehead atoms. The van der Waals surface area contributed by atoms with Crippen LogP contribution in [0.3, 0.4) is 0 Å². The Balaban J connectivity index is 1.62. The van der Waals surface area contributed by atoms with Crippen molar-refractivity contribution in [1.29, 1.82) is 0 Å². The number of ether oxygens (including phenoxy) is 1. The predicted octanol–water partition coefficient (Wildman–Crippen LogP) is 2.65. The zero-order valence-electron chi connectivity index (χ0n) is 11.3. The predicted molar refractivity (Wildman–Crippen MR) is 74.4 cm³/mol. The standard InChI is InChI=1S/C15H22N2O/c1-11-9-14(18-2)5-6-15(11)16-12-7-8-17(10-12)13-3-4-13/h5-6,9,12-13,16H,3-4,7-8,10H2,1-2H3. The zero-order chi connectivity index (χ0) is 12.5. The molecule has 3 heteroatoms. The first-order valence-electron chi connectivity index (χ1n) is 6.91. The third kappa shape index (κ3) is 2.46. The van der Waals surface area contributed by atoms with Crippen molar-refractivity contribution in [3.05, 3.63) is 23.8 Å². The van der Waals surface area contributed by atoms with Gasteiger partial charge in [-0.1, -0.05) is 0 Å². The van der Waals surface area contributed by atoms with Gasteiger partial charge in [-0.3, -0.25) is 4.90 Å². The first kappa shape index (κ1) is 11.8. The molecule has 0 amide bonds. The summed E-state index contributed by atoms with van der Waals surface area (Å²) in [5, 5.41) is 3.68. The lowest BCUT2D eigenvalue weighted by Crippen LogP contribution is -2.27. The van der Waals surface area contributed by atoms with E-state index in [1.54, 1.807) is 7.11 Å². The zero-order valence-corrected chi connectivity index (χ0v) is 11.3. The Morgan fingerprint density at radius 1 is 1.28 bits per heavy atom. The second-order valence-electron chi connectivity index (χ2n) is 5.54. The van der Waals surface area contributed by atoms with Gasteiger partial charge in [-0.2, -0.15) is 0 Å². The molecule has 1 unspecified atom stereocenters. The molecule has 1 saturated heterocycles. The van der Waals surface area contributed by atoms with E-state index in [0.717, 1.165) is 11.8 Å². The monoisotopic (exact) mass is 246 g/mol. The fourth-order valence-electron chi connectivity index (χ4n) is 2.82. The molecule has 1 aliphatic carbocycles. The molecular formula is C15H22N2O. The van der Waals surface area contributed by atoms with Crippen molar-refractivity contribution >= 4 is 5.69 Å². The normalized spacial score (nSPS) is 24.2. The maximum atomic E-state index is 5.24. The van der Waals surface area contributed by atoms with Crippen molar-refractivity contribution in [3.63, 3.8) is 0 Å². The van der Waals surface area contributed by atoms with Gasteiger partial charge < -0.3 is 10.1 Å². The minimum absolute atomic E-state index is 0.609. The van der Waals surface area contributed by atoms with E-state index in [0.29, 0.717) is 6.04 Å². The van der Waals surface area contributed by atoms with Gasteiger partial charge in [-0.15, -0.1) is 0 Å². The maximum absolute atomic E-state index is 5.24. The quantitative estimate of drug-likeness (QED) is 0.884. The second-order valence-corrected chi connectivity index (χ2v) is 5.54. The van der Waals surface area contributed by atoms with Crippen LogP contribution in [0.2, 0.25) is 0 Å². The van der Waals surface area contributed by atoms with Crippen LogP contribution in [-0.2, 0) is 0 Å². The fraction of sp³-hybridized carbons (Fsp3) is 0.600. The Kier molecular flexibility index (Phi) is 3.16. The van der Waals surface area contributed by atoms with E-state index >= 15 is 0 Å². The van der Waals surface area contributed by atoms with Crippen LogP contribution >= 0.6 is 0 Å². The van der Waals surface area contributed by atoms with E-state index < -0.39 is 0 Å². The molecule has 18 heavy (non-hydrogen) atoms. The van der Waals surface area contributed by atoms with Crippen LogP contribution in [0, 0.1) is 6.92 Å². The SMILES string of the molecule is COc1ccc(NC2CCN(C3CC3)C2)c(C)c1.